The molecule has 2 aromatic heterocycles. The van der Waals surface area contributed by atoms with Crippen molar-refractivity contribution in [3.63, 3.8) is 0 Å². The van der Waals surface area contributed by atoms with Crippen LogP contribution < -0.4 is 10.6 Å². The minimum Gasteiger partial charge on any atom is -0.335 e. The van der Waals surface area contributed by atoms with Crippen LogP contribution in [-0.4, -0.2) is 42.9 Å². The predicted octanol–water partition coefficient (Wildman–Crippen LogP) is 1.57. The van der Waals surface area contributed by atoms with E-state index in [1.54, 1.807) is 10.9 Å². The van der Waals surface area contributed by atoms with Crippen LogP contribution >= 0.6 is 0 Å². The van der Waals surface area contributed by atoms with Crippen LogP contribution in [0.1, 0.15) is 50.2 Å². The van der Waals surface area contributed by atoms with Crippen LogP contribution in [0, 0.1) is 5.92 Å². The Labute approximate surface area is 165 Å². The molecule has 2 N–H and O–H groups in total. The van der Waals surface area contributed by atoms with Gasteiger partial charge < -0.3 is 15.5 Å². The number of urea groups is 1. The summed E-state index contributed by atoms with van der Waals surface area (Å²) < 4.78 is 3.64. The summed E-state index contributed by atoms with van der Waals surface area (Å²) in [7, 11) is 1.85. The summed E-state index contributed by atoms with van der Waals surface area (Å²) >= 11 is 0. The number of aryl methyl sites for hydroxylation is 1. The van der Waals surface area contributed by atoms with E-state index in [-0.39, 0.29) is 23.9 Å². The summed E-state index contributed by atoms with van der Waals surface area (Å²) in [6, 6.07) is 1.64. The Balaban J connectivity index is 1.54. The molecule has 0 saturated carbocycles. The molecular formula is C19H29N7O2. The third kappa shape index (κ3) is 4.52. The first-order valence-electron chi connectivity index (χ1n) is 9.74. The van der Waals surface area contributed by atoms with Gasteiger partial charge in [-0.2, -0.15) is 10.2 Å². The van der Waals surface area contributed by atoms with E-state index in [0.29, 0.717) is 26.2 Å². The van der Waals surface area contributed by atoms with E-state index >= 15 is 0 Å². The normalized spacial score (nSPS) is 14.7. The van der Waals surface area contributed by atoms with E-state index in [0.717, 1.165) is 23.4 Å². The summed E-state index contributed by atoms with van der Waals surface area (Å²) in [5, 5.41) is 14.5. The van der Waals surface area contributed by atoms with Crippen LogP contribution in [0.3, 0.4) is 0 Å². The first-order valence-corrected chi connectivity index (χ1v) is 9.74. The van der Waals surface area contributed by atoms with Gasteiger partial charge in [0.05, 0.1) is 43.3 Å². The lowest BCUT2D eigenvalue weighted by atomic mass is 10.1. The Kier molecular flexibility index (Phi) is 6.01. The quantitative estimate of drug-likeness (QED) is 0.786. The third-order valence-corrected chi connectivity index (χ3v) is 4.92. The van der Waals surface area contributed by atoms with Crippen molar-refractivity contribution in [1.29, 1.82) is 0 Å². The zero-order valence-electron chi connectivity index (χ0n) is 17.0. The lowest BCUT2D eigenvalue weighted by molar-refractivity contribution is -0.136. The second-order valence-corrected chi connectivity index (χ2v) is 7.50. The highest BCUT2D eigenvalue weighted by atomic mass is 16.2. The second-order valence-electron chi connectivity index (χ2n) is 7.50. The Hall–Kier alpha value is -2.84. The van der Waals surface area contributed by atoms with Gasteiger partial charge in [-0.05, 0) is 12.5 Å². The second kappa shape index (κ2) is 8.45. The number of nitrogens with one attached hydrogen (secondary N) is 2. The smallest absolute Gasteiger partial charge is 0.315 e. The summed E-state index contributed by atoms with van der Waals surface area (Å²) in [6.45, 7) is 8.10. The molecule has 3 rings (SSSR count). The average Bonchev–Trinajstić information content (AvgIpc) is 3.28. The molecule has 0 spiro atoms. The Morgan fingerprint density at radius 1 is 1.29 bits per heavy atom. The maximum absolute atomic E-state index is 12.3. The molecule has 0 radical (unpaired) electrons. The number of hydrogen-bond acceptors (Lipinski definition) is 4. The average molecular weight is 387 g/mol. The van der Waals surface area contributed by atoms with Gasteiger partial charge in [-0.15, -0.1) is 0 Å². The van der Waals surface area contributed by atoms with Gasteiger partial charge in [0.25, 0.3) is 0 Å². The summed E-state index contributed by atoms with van der Waals surface area (Å²) in [4.78, 5) is 26.4. The first kappa shape index (κ1) is 19.9. The highest BCUT2D eigenvalue weighted by molar-refractivity contribution is 5.78. The fourth-order valence-corrected chi connectivity index (χ4v) is 3.39. The van der Waals surface area contributed by atoms with Crippen LogP contribution in [0.5, 0.6) is 0 Å². The van der Waals surface area contributed by atoms with Crippen molar-refractivity contribution >= 4 is 11.9 Å². The van der Waals surface area contributed by atoms with E-state index in [9.17, 15) is 9.59 Å². The number of carbonyl (C=O) groups excluding carboxylic acids is 2. The highest BCUT2D eigenvalue weighted by Gasteiger charge is 2.24. The summed E-state index contributed by atoms with van der Waals surface area (Å²) in [5.74, 6) is 0.151. The molecule has 28 heavy (non-hydrogen) atoms. The molecule has 0 aliphatic carbocycles. The Morgan fingerprint density at radius 3 is 2.71 bits per heavy atom. The van der Waals surface area contributed by atoms with Crippen molar-refractivity contribution < 1.29 is 9.59 Å². The van der Waals surface area contributed by atoms with Gasteiger partial charge in [0.1, 0.15) is 0 Å². The van der Waals surface area contributed by atoms with Gasteiger partial charge in [-0.25, -0.2) is 4.79 Å². The predicted molar refractivity (Wildman–Crippen MR) is 104 cm³/mol. The topological polar surface area (TPSA) is 97.1 Å². The molecule has 9 heteroatoms. The van der Waals surface area contributed by atoms with Crippen LogP contribution in [0.25, 0.3) is 0 Å². The van der Waals surface area contributed by atoms with Gasteiger partial charge in [-0.1, -0.05) is 20.8 Å². The summed E-state index contributed by atoms with van der Waals surface area (Å²) in [6.07, 6.45) is 4.45. The van der Waals surface area contributed by atoms with Crippen LogP contribution in [0.15, 0.2) is 18.5 Å². The van der Waals surface area contributed by atoms with Gasteiger partial charge in [0.15, 0.2) is 0 Å². The molecule has 0 unspecified atom stereocenters. The van der Waals surface area contributed by atoms with Gasteiger partial charge in [0, 0.05) is 31.3 Å². The van der Waals surface area contributed by atoms with E-state index in [1.165, 1.54) is 0 Å². The standard InChI is InChI=1S/C19H29N7O2/c1-5-17(14-9-21-24(4)11-14)22-19(28)20-10-15-8-16-12-25(18(27)13(2)3)6-7-26(16)23-15/h8-9,11,13,17H,5-7,10,12H2,1-4H3,(H2,20,22,28)/t17-/m0/s1. The van der Waals surface area contributed by atoms with Gasteiger partial charge in [0.2, 0.25) is 5.91 Å². The minimum atomic E-state index is -0.238. The highest BCUT2D eigenvalue weighted by Crippen LogP contribution is 2.17. The number of amides is 3. The monoisotopic (exact) mass is 387 g/mol. The number of carbonyl (C=O) groups is 2. The van der Waals surface area contributed by atoms with E-state index in [1.807, 2.05) is 49.7 Å². The fourth-order valence-electron chi connectivity index (χ4n) is 3.39. The van der Waals surface area contributed by atoms with Crippen molar-refractivity contribution in [2.24, 2.45) is 13.0 Å². The number of nitrogens with zero attached hydrogens (tertiary/aromatic N) is 5. The Bertz CT molecular complexity index is 839. The molecule has 0 saturated heterocycles. The number of hydrogen-bond donors (Lipinski definition) is 2. The van der Waals surface area contributed by atoms with Crippen molar-refractivity contribution in [3.8, 4) is 0 Å². The molecule has 3 heterocycles. The Morgan fingerprint density at radius 2 is 2.07 bits per heavy atom. The molecule has 0 fully saturated rings. The largest absolute Gasteiger partial charge is 0.335 e. The van der Waals surface area contributed by atoms with E-state index < -0.39 is 0 Å². The van der Waals surface area contributed by atoms with Crippen LogP contribution in [-0.2, 0) is 31.5 Å². The fraction of sp³-hybridized carbons (Fsp3) is 0.579. The number of fused-ring (bicyclic) bond motifs is 1. The maximum Gasteiger partial charge on any atom is 0.315 e. The SMILES string of the molecule is CC[C@H](NC(=O)NCc1cc2n(n1)CCN(C(=O)C(C)C)C2)c1cnn(C)c1. The van der Waals surface area contributed by atoms with E-state index in [4.69, 9.17) is 0 Å². The van der Waals surface area contributed by atoms with Crippen LogP contribution in [0.2, 0.25) is 0 Å². The molecular weight excluding hydrogens is 358 g/mol. The van der Waals surface area contributed by atoms with Crippen molar-refractivity contribution in [2.75, 3.05) is 6.54 Å². The molecule has 152 valence electrons. The van der Waals surface area contributed by atoms with Crippen molar-refractivity contribution in [3.05, 3.63) is 35.4 Å². The molecule has 1 aliphatic heterocycles. The zero-order valence-corrected chi connectivity index (χ0v) is 17.0. The molecule has 0 aromatic carbocycles. The number of aromatic nitrogens is 4. The first-order chi connectivity index (χ1) is 13.4. The van der Waals surface area contributed by atoms with E-state index in [2.05, 4.69) is 20.8 Å². The molecule has 1 atom stereocenters. The minimum absolute atomic E-state index is 0.00868. The molecule has 3 amide bonds. The lowest BCUT2D eigenvalue weighted by Gasteiger charge is -2.29. The molecule has 1 aliphatic rings. The molecule has 2 aromatic rings. The summed E-state index contributed by atoms with van der Waals surface area (Å²) in [5.41, 5.74) is 2.77. The van der Waals surface area contributed by atoms with Crippen LogP contribution in [0.4, 0.5) is 4.79 Å². The van der Waals surface area contributed by atoms with Gasteiger partial charge >= 0.3 is 6.03 Å². The molecule has 9 nitrogen and oxygen atoms in total. The van der Waals surface area contributed by atoms with Gasteiger partial charge in [-0.3, -0.25) is 14.2 Å². The zero-order chi connectivity index (χ0) is 20.3. The third-order valence-electron chi connectivity index (χ3n) is 4.92. The number of rotatable bonds is 6. The van der Waals surface area contributed by atoms with Crippen molar-refractivity contribution in [1.82, 2.24) is 35.1 Å². The maximum atomic E-state index is 12.3. The molecule has 0 bridgehead atoms. The van der Waals surface area contributed by atoms with Crippen molar-refractivity contribution in [2.45, 2.75) is 52.9 Å². The lowest BCUT2D eigenvalue weighted by Crippen LogP contribution is -2.40.